The van der Waals surface area contributed by atoms with Gasteiger partial charge in [0.25, 0.3) is 0 Å². The standard InChI is InChI=1S/C14H27N3O2/c1-13(2,19)11-16-7-9-17(10-8-16)12(18)14(3)5-4-6-15-14/h15,19H,4-11H2,1-3H3. The Balaban J connectivity index is 1.84. The summed E-state index contributed by atoms with van der Waals surface area (Å²) in [5.41, 5.74) is -1.01. The fraction of sp³-hybridized carbons (Fsp3) is 0.929. The molecule has 5 heteroatoms. The molecular weight excluding hydrogens is 242 g/mol. The summed E-state index contributed by atoms with van der Waals surface area (Å²) >= 11 is 0. The third kappa shape index (κ3) is 3.68. The van der Waals surface area contributed by atoms with Crippen LogP contribution >= 0.6 is 0 Å². The highest BCUT2D eigenvalue weighted by Gasteiger charge is 2.39. The molecule has 2 rings (SSSR count). The second kappa shape index (κ2) is 5.38. The number of carbonyl (C=O) groups is 1. The summed E-state index contributed by atoms with van der Waals surface area (Å²) in [5.74, 6) is 0.243. The Bertz CT molecular complexity index is 324. The summed E-state index contributed by atoms with van der Waals surface area (Å²) < 4.78 is 0. The third-order valence-corrected chi connectivity index (χ3v) is 4.11. The molecule has 19 heavy (non-hydrogen) atoms. The number of amides is 1. The molecule has 1 amide bonds. The fourth-order valence-corrected chi connectivity index (χ4v) is 3.08. The lowest BCUT2D eigenvalue weighted by Crippen LogP contribution is -2.58. The lowest BCUT2D eigenvalue weighted by Gasteiger charge is -2.40. The van der Waals surface area contributed by atoms with Crippen LogP contribution in [0.2, 0.25) is 0 Å². The highest BCUT2D eigenvalue weighted by molar-refractivity contribution is 5.86. The second-order valence-corrected chi connectivity index (χ2v) is 6.74. The van der Waals surface area contributed by atoms with E-state index in [0.29, 0.717) is 6.54 Å². The van der Waals surface area contributed by atoms with Crippen LogP contribution in [0.3, 0.4) is 0 Å². The van der Waals surface area contributed by atoms with E-state index in [9.17, 15) is 9.90 Å². The lowest BCUT2D eigenvalue weighted by molar-refractivity contribution is -0.139. The monoisotopic (exact) mass is 269 g/mol. The first-order valence-electron chi connectivity index (χ1n) is 7.29. The summed E-state index contributed by atoms with van der Waals surface area (Å²) in [6.07, 6.45) is 2.02. The summed E-state index contributed by atoms with van der Waals surface area (Å²) in [6.45, 7) is 10.5. The van der Waals surface area contributed by atoms with Crippen LogP contribution < -0.4 is 5.32 Å². The Morgan fingerprint density at radius 2 is 1.95 bits per heavy atom. The normalized spacial score (nSPS) is 29.8. The number of carbonyl (C=O) groups excluding carboxylic acids is 1. The molecule has 1 unspecified atom stereocenters. The van der Waals surface area contributed by atoms with Crippen molar-refractivity contribution in [1.29, 1.82) is 0 Å². The van der Waals surface area contributed by atoms with Gasteiger partial charge < -0.3 is 15.3 Å². The maximum absolute atomic E-state index is 12.5. The van der Waals surface area contributed by atoms with Gasteiger partial charge >= 0.3 is 0 Å². The first kappa shape index (κ1) is 14.8. The molecule has 1 atom stereocenters. The first-order valence-corrected chi connectivity index (χ1v) is 7.29. The predicted octanol–water partition coefficient (Wildman–Crippen LogP) is 0.0436. The Morgan fingerprint density at radius 3 is 2.42 bits per heavy atom. The van der Waals surface area contributed by atoms with E-state index in [1.807, 2.05) is 25.7 Å². The quantitative estimate of drug-likeness (QED) is 0.760. The number of rotatable bonds is 3. The third-order valence-electron chi connectivity index (χ3n) is 4.11. The van der Waals surface area contributed by atoms with E-state index < -0.39 is 5.60 Å². The minimum Gasteiger partial charge on any atom is -0.389 e. The van der Waals surface area contributed by atoms with Gasteiger partial charge in [-0.05, 0) is 40.2 Å². The first-order chi connectivity index (χ1) is 8.80. The van der Waals surface area contributed by atoms with Crippen molar-refractivity contribution in [3.05, 3.63) is 0 Å². The SMILES string of the molecule is CC(C)(O)CN1CCN(C(=O)C2(C)CCCN2)CC1. The molecule has 0 bridgehead atoms. The summed E-state index contributed by atoms with van der Waals surface area (Å²) in [4.78, 5) is 16.7. The maximum atomic E-state index is 12.5. The molecule has 0 aromatic rings. The highest BCUT2D eigenvalue weighted by Crippen LogP contribution is 2.22. The number of nitrogens with one attached hydrogen (secondary N) is 1. The molecule has 0 saturated carbocycles. The van der Waals surface area contributed by atoms with Crippen molar-refractivity contribution < 1.29 is 9.90 Å². The van der Waals surface area contributed by atoms with Gasteiger partial charge in [0.05, 0.1) is 11.1 Å². The number of hydrogen-bond acceptors (Lipinski definition) is 4. The maximum Gasteiger partial charge on any atom is 0.242 e. The van der Waals surface area contributed by atoms with E-state index in [2.05, 4.69) is 10.2 Å². The van der Waals surface area contributed by atoms with Gasteiger partial charge in [-0.15, -0.1) is 0 Å². The van der Waals surface area contributed by atoms with Crippen LogP contribution in [0.15, 0.2) is 0 Å². The lowest BCUT2D eigenvalue weighted by atomic mass is 9.98. The van der Waals surface area contributed by atoms with Crippen molar-refractivity contribution in [2.24, 2.45) is 0 Å². The van der Waals surface area contributed by atoms with E-state index in [0.717, 1.165) is 45.6 Å². The zero-order valence-electron chi connectivity index (χ0n) is 12.4. The van der Waals surface area contributed by atoms with Crippen molar-refractivity contribution in [3.8, 4) is 0 Å². The van der Waals surface area contributed by atoms with Crippen LogP contribution in [0.1, 0.15) is 33.6 Å². The number of β-amino-alcohol motifs (C(OH)–C–C–N with tert-alkyl or cyclic N) is 1. The van der Waals surface area contributed by atoms with Gasteiger partial charge in [0, 0.05) is 32.7 Å². The zero-order valence-corrected chi connectivity index (χ0v) is 12.4. The Hall–Kier alpha value is -0.650. The molecule has 0 aromatic carbocycles. The number of nitrogens with zero attached hydrogens (tertiary/aromatic N) is 2. The van der Waals surface area contributed by atoms with Crippen molar-refractivity contribution in [2.75, 3.05) is 39.3 Å². The van der Waals surface area contributed by atoms with E-state index in [1.54, 1.807) is 0 Å². The van der Waals surface area contributed by atoms with Gasteiger partial charge in [-0.3, -0.25) is 9.69 Å². The minimum atomic E-state index is -0.662. The molecule has 0 radical (unpaired) electrons. The van der Waals surface area contributed by atoms with Crippen LogP contribution in [0, 0.1) is 0 Å². The summed E-state index contributed by atoms with van der Waals surface area (Å²) in [5, 5.41) is 13.2. The van der Waals surface area contributed by atoms with Crippen molar-refractivity contribution in [1.82, 2.24) is 15.1 Å². The average molecular weight is 269 g/mol. The molecule has 2 heterocycles. The van der Waals surface area contributed by atoms with E-state index >= 15 is 0 Å². The minimum absolute atomic E-state index is 0.243. The van der Waals surface area contributed by atoms with Crippen LogP contribution in [-0.4, -0.2) is 71.2 Å². The molecular formula is C14H27N3O2. The molecule has 2 saturated heterocycles. The zero-order chi connectivity index (χ0) is 14.1. The second-order valence-electron chi connectivity index (χ2n) is 6.74. The molecule has 0 aliphatic carbocycles. The van der Waals surface area contributed by atoms with E-state index in [1.165, 1.54) is 0 Å². The molecule has 2 aliphatic heterocycles. The molecule has 0 aromatic heterocycles. The van der Waals surface area contributed by atoms with Gasteiger partial charge in [0.15, 0.2) is 0 Å². The Morgan fingerprint density at radius 1 is 1.32 bits per heavy atom. The van der Waals surface area contributed by atoms with Crippen molar-refractivity contribution in [3.63, 3.8) is 0 Å². The Labute approximate surface area is 115 Å². The van der Waals surface area contributed by atoms with Crippen LogP contribution in [0.4, 0.5) is 0 Å². The van der Waals surface area contributed by atoms with Gasteiger partial charge in [0.2, 0.25) is 5.91 Å². The number of hydrogen-bond donors (Lipinski definition) is 2. The van der Waals surface area contributed by atoms with Crippen LogP contribution in [0.5, 0.6) is 0 Å². The molecule has 5 nitrogen and oxygen atoms in total. The summed E-state index contributed by atoms with van der Waals surface area (Å²) in [6, 6.07) is 0. The van der Waals surface area contributed by atoms with Crippen molar-refractivity contribution in [2.45, 2.75) is 44.8 Å². The van der Waals surface area contributed by atoms with Crippen molar-refractivity contribution >= 4 is 5.91 Å². The molecule has 110 valence electrons. The smallest absolute Gasteiger partial charge is 0.242 e. The molecule has 2 aliphatic rings. The fourth-order valence-electron chi connectivity index (χ4n) is 3.08. The van der Waals surface area contributed by atoms with Gasteiger partial charge in [0.1, 0.15) is 0 Å². The average Bonchev–Trinajstić information content (AvgIpc) is 2.75. The summed E-state index contributed by atoms with van der Waals surface area (Å²) in [7, 11) is 0. The Kier molecular flexibility index (Phi) is 4.18. The van der Waals surface area contributed by atoms with Gasteiger partial charge in [-0.25, -0.2) is 0 Å². The molecule has 2 N–H and O–H groups in total. The largest absolute Gasteiger partial charge is 0.389 e. The van der Waals surface area contributed by atoms with E-state index in [4.69, 9.17) is 0 Å². The topological polar surface area (TPSA) is 55.8 Å². The predicted molar refractivity (Wildman–Crippen MR) is 75.0 cm³/mol. The van der Waals surface area contributed by atoms with Gasteiger partial charge in [-0.1, -0.05) is 0 Å². The van der Waals surface area contributed by atoms with Gasteiger partial charge in [-0.2, -0.15) is 0 Å². The molecule has 2 fully saturated rings. The highest BCUT2D eigenvalue weighted by atomic mass is 16.3. The van der Waals surface area contributed by atoms with Crippen LogP contribution in [-0.2, 0) is 4.79 Å². The van der Waals surface area contributed by atoms with E-state index in [-0.39, 0.29) is 11.4 Å². The number of aliphatic hydroxyl groups is 1. The molecule has 0 spiro atoms. The van der Waals surface area contributed by atoms with Crippen LogP contribution in [0.25, 0.3) is 0 Å². The number of piperazine rings is 1.